The van der Waals surface area contributed by atoms with Gasteiger partial charge in [-0.3, -0.25) is 14.6 Å². The van der Waals surface area contributed by atoms with E-state index in [1.165, 1.54) is 14.0 Å². The van der Waals surface area contributed by atoms with Gasteiger partial charge in [-0.15, -0.1) is 0 Å². The molecule has 0 aromatic heterocycles. The maximum absolute atomic E-state index is 13.6. The second-order valence-corrected chi connectivity index (χ2v) is 8.76. The Labute approximate surface area is 204 Å². The van der Waals surface area contributed by atoms with Crippen molar-refractivity contribution in [2.45, 2.75) is 45.4 Å². The Balaban J connectivity index is 1.80. The molecule has 1 unspecified atom stereocenters. The van der Waals surface area contributed by atoms with Crippen LogP contribution in [0.15, 0.2) is 64.8 Å². The molecule has 1 aliphatic heterocycles. The number of ketones is 1. The van der Waals surface area contributed by atoms with Gasteiger partial charge in [-0.2, -0.15) is 0 Å². The van der Waals surface area contributed by atoms with E-state index in [0.717, 1.165) is 11.3 Å². The summed E-state index contributed by atoms with van der Waals surface area (Å²) >= 11 is 0. The summed E-state index contributed by atoms with van der Waals surface area (Å²) in [4.78, 5) is 42.8. The molecular weight excluding hydrogens is 446 g/mol. The van der Waals surface area contributed by atoms with E-state index in [2.05, 4.69) is 0 Å². The molecule has 0 N–H and O–H groups in total. The van der Waals surface area contributed by atoms with Crippen molar-refractivity contribution in [2.24, 2.45) is 10.9 Å². The van der Waals surface area contributed by atoms with E-state index in [1.54, 1.807) is 25.1 Å². The van der Waals surface area contributed by atoms with Crippen LogP contribution in [-0.4, -0.2) is 37.2 Å². The molecule has 4 rings (SSSR count). The fourth-order valence-corrected chi connectivity index (χ4v) is 5.10. The third kappa shape index (κ3) is 4.90. The van der Waals surface area contributed by atoms with Gasteiger partial charge in [-0.05, 0) is 49.4 Å². The molecule has 0 bridgehead atoms. The van der Waals surface area contributed by atoms with Crippen LogP contribution < -0.4 is 9.47 Å². The highest BCUT2D eigenvalue weighted by Crippen LogP contribution is 2.47. The highest BCUT2D eigenvalue weighted by Gasteiger charge is 2.46. The standard InChI is InChI=1S/C28H29NO6/c1-5-34-24-15-19(11-12-23(24)35-17(3)30)26-25(28(32)33-4)16(2)29-21-13-20(14-22(31)27(21)26)18-9-7-6-8-10-18/h6-12,15,20,26-27H,5,13-14H2,1-4H3/t20-,26-,27?/m0/s1. The second-order valence-electron chi connectivity index (χ2n) is 8.76. The van der Waals surface area contributed by atoms with Crippen molar-refractivity contribution < 1.29 is 28.6 Å². The largest absolute Gasteiger partial charge is 0.490 e. The minimum Gasteiger partial charge on any atom is -0.490 e. The first-order valence-electron chi connectivity index (χ1n) is 11.7. The van der Waals surface area contributed by atoms with Gasteiger partial charge in [0.1, 0.15) is 5.78 Å². The lowest BCUT2D eigenvalue weighted by Gasteiger charge is -2.38. The van der Waals surface area contributed by atoms with E-state index >= 15 is 0 Å². The molecule has 1 fully saturated rings. The maximum Gasteiger partial charge on any atom is 0.336 e. The number of carbonyl (C=O) groups is 3. The molecule has 1 heterocycles. The van der Waals surface area contributed by atoms with Crippen LogP contribution in [-0.2, 0) is 19.1 Å². The van der Waals surface area contributed by atoms with Crippen LogP contribution in [0.3, 0.4) is 0 Å². The van der Waals surface area contributed by atoms with E-state index in [1.807, 2.05) is 37.3 Å². The average Bonchev–Trinajstić information content (AvgIpc) is 2.84. The first-order valence-corrected chi connectivity index (χ1v) is 11.7. The summed E-state index contributed by atoms with van der Waals surface area (Å²) in [6.45, 7) is 5.28. The lowest BCUT2D eigenvalue weighted by Crippen LogP contribution is -2.41. The number of benzene rings is 2. The highest BCUT2D eigenvalue weighted by atomic mass is 16.6. The van der Waals surface area contributed by atoms with Gasteiger partial charge in [0.05, 0.1) is 25.2 Å². The number of hydrogen-bond acceptors (Lipinski definition) is 7. The molecule has 35 heavy (non-hydrogen) atoms. The smallest absolute Gasteiger partial charge is 0.336 e. The number of carbonyl (C=O) groups excluding carboxylic acids is 3. The second kappa shape index (κ2) is 10.3. The van der Waals surface area contributed by atoms with Crippen LogP contribution in [0.4, 0.5) is 0 Å². The van der Waals surface area contributed by atoms with Crippen molar-refractivity contribution in [2.75, 3.05) is 13.7 Å². The van der Waals surface area contributed by atoms with Crippen LogP contribution in [0.5, 0.6) is 11.5 Å². The first kappa shape index (κ1) is 24.4. The van der Waals surface area contributed by atoms with E-state index in [0.29, 0.717) is 42.0 Å². The summed E-state index contributed by atoms with van der Waals surface area (Å²) < 4.78 is 16.1. The minimum atomic E-state index is -0.582. The monoisotopic (exact) mass is 475 g/mol. The number of methoxy groups -OCH3 is 1. The summed E-state index contributed by atoms with van der Waals surface area (Å²) in [6.07, 6.45) is 0.994. The molecular formula is C28H29NO6. The van der Waals surface area contributed by atoms with Crippen LogP contribution in [0.2, 0.25) is 0 Å². The molecule has 0 spiro atoms. The maximum atomic E-state index is 13.6. The van der Waals surface area contributed by atoms with Crippen molar-refractivity contribution >= 4 is 23.4 Å². The van der Waals surface area contributed by atoms with Crippen molar-refractivity contribution in [3.63, 3.8) is 0 Å². The van der Waals surface area contributed by atoms with Crippen LogP contribution >= 0.6 is 0 Å². The summed E-state index contributed by atoms with van der Waals surface area (Å²) in [6, 6.07) is 15.1. The molecule has 1 saturated carbocycles. The Morgan fingerprint density at radius 1 is 1.00 bits per heavy atom. The predicted octanol–water partition coefficient (Wildman–Crippen LogP) is 4.76. The average molecular weight is 476 g/mol. The van der Waals surface area contributed by atoms with E-state index in [-0.39, 0.29) is 17.5 Å². The number of aliphatic imine (C=N–C) groups is 1. The van der Waals surface area contributed by atoms with Gasteiger partial charge >= 0.3 is 11.9 Å². The Hall–Kier alpha value is -3.74. The Kier molecular flexibility index (Phi) is 7.15. The predicted molar refractivity (Wildman–Crippen MR) is 131 cm³/mol. The number of allylic oxidation sites excluding steroid dienone is 1. The summed E-state index contributed by atoms with van der Waals surface area (Å²) in [7, 11) is 1.32. The van der Waals surface area contributed by atoms with Crippen LogP contribution in [0.1, 0.15) is 56.6 Å². The van der Waals surface area contributed by atoms with Crippen LogP contribution in [0, 0.1) is 5.92 Å². The molecule has 7 nitrogen and oxygen atoms in total. The lowest BCUT2D eigenvalue weighted by atomic mass is 9.66. The molecule has 0 amide bonds. The number of nitrogens with zero attached hydrogens (tertiary/aromatic N) is 1. The number of rotatable bonds is 6. The number of ether oxygens (including phenoxy) is 3. The Morgan fingerprint density at radius 3 is 2.40 bits per heavy atom. The quantitative estimate of drug-likeness (QED) is 0.442. The van der Waals surface area contributed by atoms with Gasteiger partial charge in [-0.1, -0.05) is 36.4 Å². The van der Waals surface area contributed by atoms with E-state index in [4.69, 9.17) is 19.2 Å². The molecule has 3 atom stereocenters. The van der Waals surface area contributed by atoms with Gasteiger partial charge in [0.2, 0.25) is 0 Å². The zero-order valence-electron chi connectivity index (χ0n) is 20.4. The van der Waals surface area contributed by atoms with Crippen molar-refractivity contribution in [3.8, 4) is 11.5 Å². The molecule has 0 saturated heterocycles. The normalized spacial score (nSPS) is 21.7. The lowest BCUT2D eigenvalue weighted by molar-refractivity contribution is -0.136. The molecule has 182 valence electrons. The zero-order chi connectivity index (χ0) is 25.1. The Bertz CT molecular complexity index is 1210. The van der Waals surface area contributed by atoms with Crippen molar-refractivity contribution in [1.29, 1.82) is 0 Å². The summed E-state index contributed by atoms with van der Waals surface area (Å²) in [5, 5.41) is 0. The van der Waals surface area contributed by atoms with E-state index in [9.17, 15) is 14.4 Å². The molecule has 2 aromatic carbocycles. The minimum absolute atomic E-state index is 0.0322. The van der Waals surface area contributed by atoms with Gasteiger partial charge in [0.15, 0.2) is 11.5 Å². The summed E-state index contributed by atoms with van der Waals surface area (Å²) in [5.74, 6) is -1.42. The Morgan fingerprint density at radius 2 is 1.74 bits per heavy atom. The molecule has 0 radical (unpaired) electrons. The SMILES string of the molecule is CCOc1cc([C@H]2C(C(=O)OC)=C(C)N=C3C[C@H](c4ccccc4)CC(=O)C32)ccc1OC(C)=O. The molecule has 2 aromatic rings. The van der Waals surface area contributed by atoms with Crippen LogP contribution in [0.25, 0.3) is 0 Å². The van der Waals surface area contributed by atoms with Crippen molar-refractivity contribution in [3.05, 3.63) is 70.9 Å². The fourth-order valence-electron chi connectivity index (χ4n) is 5.10. The number of hydrogen-bond donors (Lipinski definition) is 0. The number of esters is 2. The number of fused-ring (bicyclic) bond motifs is 1. The molecule has 2 aliphatic rings. The van der Waals surface area contributed by atoms with Gasteiger partial charge < -0.3 is 14.2 Å². The van der Waals surface area contributed by atoms with Gasteiger partial charge in [0, 0.05) is 30.7 Å². The molecule has 1 aliphatic carbocycles. The highest BCUT2D eigenvalue weighted by molar-refractivity contribution is 6.12. The fraction of sp³-hybridized carbons (Fsp3) is 0.357. The topological polar surface area (TPSA) is 91.3 Å². The summed E-state index contributed by atoms with van der Waals surface area (Å²) in [5.41, 5.74) is 3.47. The molecule has 7 heteroatoms. The van der Waals surface area contributed by atoms with Crippen molar-refractivity contribution in [1.82, 2.24) is 0 Å². The number of Topliss-reactive ketones (excluding diaryl/α,β-unsaturated/α-hetero) is 1. The first-order chi connectivity index (χ1) is 16.8. The van der Waals surface area contributed by atoms with Gasteiger partial charge in [0.25, 0.3) is 0 Å². The van der Waals surface area contributed by atoms with E-state index < -0.39 is 23.8 Å². The third-order valence-corrected chi connectivity index (χ3v) is 6.51. The van der Waals surface area contributed by atoms with Gasteiger partial charge in [-0.25, -0.2) is 4.79 Å². The third-order valence-electron chi connectivity index (χ3n) is 6.51. The zero-order valence-corrected chi connectivity index (χ0v) is 20.4.